The number of aliphatic hydroxyl groups excluding tert-OH is 1. The van der Waals surface area contributed by atoms with Gasteiger partial charge in [-0.15, -0.1) is 0 Å². The maximum absolute atomic E-state index is 9.66. The first-order valence-corrected chi connectivity index (χ1v) is 6.43. The summed E-state index contributed by atoms with van der Waals surface area (Å²) in [6.45, 7) is 0.379. The highest BCUT2D eigenvalue weighted by molar-refractivity contribution is 9.10. The molecule has 6 heteroatoms. The quantitative estimate of drug-likeness (QED) is 0.879. The fourth-order valence-electron chi connectivity index (χ4n) is 1.59. The van der Waals surface area contributed by atoms with Gasteiger partial charge in [-0.25, -0.2) is 0 Å². The number of aliphatic hydroxyl groups is 1. The van der Waals surface area contributed by atoms with Crippen molar-refractivity contribution in [3.05, 3.63) is 46.0 Å². The molecule has 0 spiro atoms. The van der Waals surface area contributed by atoms with E-state index in [1.807, 2.05) is 24.3 Å². The van der Waals surface area contributed by atoms with Crippen molar-refractivity contribution in [3.63, 3.8) is 0 Å². The zero-order valence-electron chi connectivity index (χ0n) is 9.71. The third kappa shape index (κ3) is 3.38. The fourth-order valence-corrected chi connectivity index (χ4v) is 2.03. The molecule has 2 aromatic rings. The summed E-state index contributed by atoms with van der Waals surface area (Å²) in [5, 5.41) is 13.5. The van der Waals surface area contributed by atoms with E-state index in [-0.39, 0.29) is 5.89 Å². The number of benzene rings is 1. The predicted octanol–water partition coefficient (Wildman–Crippen LogP) is 1.81. The van der Waals surface area contributed by atoms with Crippen molar-refractivity contribution in [1.29, 1.82) is 0 Å². The third-order valence-corrected chi connectivity index (χ3v) is 2.95. The predicted molar refractivity (Wildman–Crippen MR) is 69.9 cm³/mol. The summed E-state index contributed by atoms with van der Waals surface area (Å²) in [6.07, 6.45) is 0.204. The molecule has 0 aliphatic heterocycles. The van der Waals surface area contributed by atoms with E-state index < -0.39 is 6.10 Å². The lowest BCUT2D eigenvalue weighted by molar-refractivity contribution is 0.127. The molecule has 1 aromatic carbocycles. The maximum Gasteiger partial charge on any atom is 0.255 e. The van der Waals surface area contributed by atoms with Crippen molar-refractivity contribution < 1.29 is 9.63 Å². The molecular weight excluding hydrogens is 298 g/mol. The van der Waals surface area contributed by atoms with Crippen molar-refractivity contribution in [1.82, 2.24) is 10.1 Å². The van der Waals surface area contributed by atoms with Crippen molar-refractivity contribution in [2.24, 2.45) is 5.73 Å². The van der Waals surface area contributed by atoms with Crippen molar-refractivity contribution in [2.45, 2.75) is 18.9 Å². The van der Waals surface area contributed by atoms with Crippen LogP contribution in [0.1, 0.15) is 29.8 Å². The van der Waals surface area contributed by atoms with E-state index in [2.05, 4.69) is 26.1 Å². The second-order valence-corrected chi connectivity index (χ2v) is 4.86. The Kier molecular flexibility index (Phi) is 4.46. The molecule has 3 N–H and O–H groups in total. The van der Waals surface area contributed by atoms with Gasteiger partial charge in [-0.2, -0.15) is 4.98 Å². The molecule has 0 aliphatic rings. The van der Waals surface area contributed by atoms with Gasteiger partial charge in [0.05, 0.1) is 0 Å². The minimum Gasteiger partial charge on any atom is -0.383 e. The normalized spacial score (nSPS) is 12.6. The summed E-state index contributed by atoms with van der Waals surface area (Å²) in [5.41, 5.74) is 6.43. The van der Waals surface area contributed by atoms with Gasteiger partial charge in [0.25, 0.3) is 5.89 Å². The molecule has 1 atom stereocenters. The highest BCUT2D eigenvalue weighted by Crippen LogP contribution is 2.17. The summed E-state index contributed by atoms with van der Waals surface area (Å²) in [5.74, 6) is 0.782. The van der Waals surface area contributed by atoms with Gasteiger partial charge in [-0.1, -0.05) is 33.2 Å². The van der Waals surface area contributed by atoms with Crippen molar-refractivity contribution in [3.8, 4) is 0 Å². The Morgan fingerprint density at radius 2 is 2.28 bits per heavy atom. The Bertz CT molecular complexity index is 516. The van der Waals surface area contributed by atoms with Crippen molar-refractivity contribution >= 4 is 15.9 Å². The van der Waals surface area contributed by atoms with Gasteiger partial charge in [0.15, 0.2) is 5.82 Å². The number of aromatic nitrogens is 2. The molecule has 2 rings (SSSR count). The van der Waals surface area contributed by atoms with Crippen LogP contribution in [0.4, 0.5) is 0 Å². The second kappa shape index (κ2) is 6.08. The van der Waals surface area contributed by atoms with E-state index in [1.165, 1.54) is 0 Å². The SMILES string of the molecule is NCCC(O)c1nc(Cc2cccc(Br)c2)no1. The smallest absolute Gasteiger partial charge is 0.255 e. The highest BCUT2D eigenvalue weighted by atomic mass is 79.9. The number of hydrogen-bond donors (Lipinski definition) is 2. The van der Waals surface area contributed by atoms with Gasteiger partial charge >= 0.3 is 0 Å². The monoisotopic (exact) mass is 311 g/mol. The first-order chi connectivity index (χ1) is 8.69. The van der Waals surface area contributed by atoms with Gasteiger partial charge in [-0.05, 0) is 30.7 Å². The fraction of sp³-hybridized carbons (Fsp3) is 0.333. The second-order valence-electron chi connectivity index (χ2n) is 3.95. The molecule has 0 saturated heterocycles. The van der Waals surface area contributed by atoms with E-state index in [0.717, 1.165) is 10.0 Å². The number of rotatable bonds is 5. The van der Waals surface area contributed by atoms with Crippen LogP contribution in [0.25, 0.3) is 0 Å². The molecular formula is C12H14BrN3O2. The molecule has 0 aliphatic carbocycles. The molecule has 1 heterocycles. The molecule has 0 bridgehead atoms. The standard InChI is InChI=1S/C12H14BrN3O2/c13-9-3-1-2-8(6-9)7-11-15-12(18-16-11)10(17)4-5-14/h1-3,6,10,17H,4-5,7,14H2. The van der Waals surface area contributed by atoms with Crippen LogP contribution < -0.4 is 5.73 Å². The lowest BCUT2D eigenvalue weighted by Crippen LogP contribution is -2.07. The largest absolute Gasteiger partial charge is 0.383 e. The molecule has 0 saturated carbocycles. The summed E-state index contributed by atoms with van der Waals surface area (Å²) in [4.78, 5) is 4.16. The van der Waals surface area contributed by atoms with Gasteiger partial charge in [-0.3, -0.25) is 0 Å². The zero-order chi connectivity index (χ0) is 13.0. The van der Waals surface area contributed by atoms with Gasteiger partial charge in [0.1, 0.15) is 6.10 Å². The van der Waals surface area contributed by atoms with Crippen LogP contribution in [0.3, 0.4) is 0 Å². The topological polar surface area (TPSA) is 85.2 Å². The Morgan fingerprint density at radius 3 is 3.00 bits per heavy atom. The summed E-state index contributed by atoms with van der Waals surface area (Å²) in [7, 11) is 0. The zero-order valence-corrected chi connectivity index (χ0v) is 11.3. The molecule has 5 nitrogen and oxygen atoms in total. The van der Waals surface area contributed by atoms with E-state index in [9.17, 15) is 5.11 Å². The average molecular weight is 312 g/mol. The molecule has 0 radical (unpaired) electrons. The molecule has 0 fully saturated rings. The highest BCUT2D eigenvalue weighted by Gasteiger charge is 2.15. The lowest BCUT2D eigenvalue weighted by Gasteiger charge is -2.01. The van der Waals surface area contributed by atoms with E-state index >= 15 is 0 Å². The van der Waals surface area contributed by atoms with Gasteiger partial charge < -0.3 is 15.4 Å². The Morgan fingerprint density at radius 1 is 1.44 bits per heavy atom. The summed E-state index contributed by atoms with van der Waals surface area (Å²) in [6, 6.07) is 7.88. The molecule has 0 amide bonds. The van der Waals surface area contributed by atoms with Crippen LogP contribution in [0.2, 0.25) is 0 Å². The number of hydrogen-bond acceptors (Lipinski definition) is 5. The van der Waals surface area contributed by atoms with Crippen LogP contribution >= 0.6 is 15.9 Å². The number of nitrogens with zero attached hydrogens (tertiary/aromatic N) is 2. The van der Waals surface area contributed by atoms with Crippen LogP contribution in [-0.4, -0.2) is 21.8 Å². The Labute approximate surface area is 113 Å². The molecule has 18 heavy (non-hydrogen) atoms. The molecule has 1 unspecified atom stereocenters. The molecule has 1 aromatic heterocycles. The summed E-state index contributed by atoms with van der Waals surface area (Å²) >= 11 is 3.41. The van der Waals surface area contributed by atoms with Crippen LogP contribution in [-0.2, 0) is 6.42 Å². The minimum absolute atomic E-state index is 0.227. The minimum atomic E-state index is -0.779. The number of halogens is 1. The van der Waals surface area contributed by atoms with Gasteiger partial charge in [0, 0.05) is 10.9 Å². The number of nitrogens with two attached hydrogens (primary N) is 1. The molecule has 96 valence electrons. The van der Waals surface area contributed by atoms with Crippen LogP contribution in [0, 0.1) is 0 Å². The third-order valence-electron chi connectivity index (χ3n) is 2.46. The maximum atomic E-state index is 9.66. The van der Waals surface area contributed by atoms with Crippen LogP contribution in [0.15, 0.2) is 33.3 Å². The first kappa shape index (κ1) is 13.2. The van der Waals surface area contributed by atoms with Crippen molar-refractivity contribution in [2.75, 3.05) is 6.54 Å². The van der Waals surface area contributed by atoms with E-state index in [0.29, 0.717) is 25.2 Å². The van der Waals surface area contributed by atoms with E-state index in [4.69, 9.17) is 10.3 Å². The average Bonchev–Trinajstić information content (AvgIpc) is 2.78. The summed E-state index contributed by atoms with van der Waals surface area (Å²) < 4.78 is 6.01. The Balaban J connectivity index is 2.06. The van der Waals surface area contributed by atoms with E-state index in [1.54, 1.807) is 0 Å². The lowest BCUT2D eigenvalue weighted by atomic mass is 10.1. The first-order valence-electron chi connectivity index (χ1n) is 5.64. The van der Waals surface area contributed by atoms with Gasteiger partial charge in [0.2, 0.25) is 0 Å². The van der Waals surface area contributed by atoms with Crippen LogP contribution in [0.5, 0.6) is 0 Å². The Hall–Kier alpha value is -1.24.